The number of rotatable bonds is 1. The summed E-state index contributed by atoms with van der Waals surface area (Å²) >= 11 is 2.23. The molecule has 96 valence electrons. The molecule has 1 aromatic carbocycles. The van der Waals surface area contributed by atoms with Gasteiger partial charge >= 0.3 is 0 Å². The monoisotopic (exact) mass is 364 g/mol. The van der Waals surface area contributed by atoms with E-state index in [1.54, 1.807) is 6.20 Å². The number of pyridine rings is 1. The van der Waals surface area contributed by atoms with Crippen LogP contribution in [0.2, 0.25) is 0 Å². The topological polar surface area (TPSA) is 33.2 Å². The second kappa shape index (κ2) is 5.28. The molecule has 19 heavy (non-hydrogen) atoms. The summed E-state index contributed by atoms with van der Waals surface area (Å²) in [5.41, 5.74) is 2.72. The van der Waals surface area contributed by atoms with Gasteiger partial charge in [-0.3, -0.25) is 9.78 Å². The van der Waals surface area contributed by atoms with Gasteiger partial charge in [-0.25, -0.2) is 0 Å². The maximum Gasteiger partial charge on any atom is 0.258 e. The van der Waals surface area contributed by atoms with Crippen LogP contribution in [-0.2, 0) is 6.42 Å². The van der Waals surface area contributed by atoms with Crippen LogP contribution in [0.5, 0.6) is 0 Å². The number of carbonyl (C=O) groups excluding carboxylic acids is 1. The molecule has 3 rings (SSSR count). The standard InChI is InChI=1S/C15H13IN2O/c16-12-5-1-4-11(10-12)15(19)18-9-3-6-13-14(18)7-2-8-17-13/h1-2,4-5,7-8,10H,3,6,9H2. The Kier molecular flexibility index (Phi) is 3.50. The van der Waals surface area contributed by atoms with Crippen LogP contribution in [-0.4, -0.2) is 17.4 Å². The van der Waals surface area contributed by atoms with Crippen LogP contribution in [0.15, 0.2) is 42.6 Å². The summed E-state index contributed by atoms with van der Waals surface area (Å²) in [6.45, 7) is 0.767. The van der Waals surface area contributed by atoms with Crippen LogP contribution in [0.1, 0.15) is 22.5 Å². The van der Waals surface area contributed by atoms with E-state index in [1.165, 1.54) is 0 Å². The van der Waals surface area contributed by atoms with E-state index in [1.807, 2.05) is 41.3 Å². The smallest absolute Gasteiger partial charge is 0.258 e. The van der Waals surface area contributed by atoms with Gasteiger partial charge in [-0.1, -0.05) is 6.07 Å². The van der Waals surface area contributed by atoms with Crippen LogP contribution >= 0.6 is 22.6 Å². The maximum absolute atomic E-state index is 12.6. The summed E-state index contributed by atoms with van der Waals surface area (Å²) < 4.78 is 1.08. The predicted molar refractivity (Wildman–Crippen MR) is 83.4 cm³/mol. The lowest BCUT2D eigenvalue weighted by Crippen LogP contribution is -2.35. The Bertz CT molecular complexity index is 627. The van der Waals surface area contributed by atoms with Gasteiger partial charge in [0.2, 0.25) is 0 Å². The van der Waals surface area contributed by atoms with Gasteiger partial charge in [-0.2, -0.15) is 0 Å². The molecule has 0 bridgehead atoms. The van der Waals surface area contributed by atoms with Gasteiger partial charge in [0.1, 0.15) is 0 Å². The summed E-state index contributed by atoms with van der Waals surface area (Å²) in [4.78, 5) is 18.8. The first-order valence-electron chi connectivity index (χ1n) is 6.27. The van der Waals surface area contributed by atoms with Gasteiger partial charge < -0.3 is 4.90 Å². The van der Waals surface area contributed by atoms with Crippen molar-refractivity contribution in [3.05, 3.63) is 57.4 Å². The molecule has 1 amide bonds. The first-order valence-corrected chi connectivity index (χ1v) is 7.35. The van der Waals surface area contributed by atoms with Crippen LogP contribution < -0.4 is 4.90 Å². The lowest BCUT2D eigenvalue weighted by Gasteiger charge is -2.28. The van der Waals surface area contributed by atoms with Gasteiger partial charge in [-0.15, -0.1) is 0 Å². The molecule has 1 aromatic heterocycles. The summed E-state index contributed by atoms with van der Waals surface area (Å²) in [6, 6.07) is 11.6. The molecule has 2 heterocycles. The number of fused-ring (bicyclic) bond motifs is 1. The van der Waals surface area contributed by atoms with Crippen molar-refractivity contribution >= 4 is 34.2 Å². The first kappa shape index (κ1) is 12.6. The highest BCUT2D eigenvalue weighted by Gasteiger charge is 2.23. The summed E-state index contributed by atoms with van der Waals surface area (Å²) in [7, 11) is 0. The van der Waals surface area contributed by atoms with Crippen LogP contribution in [0, 0.1) is 3.57 Å². The molecule has 0 spiro atoms. The molecule has 4 heteroatoms. The third kappa shape index (κ3) is 2.49. The molecule has 0 saturated heterocycles. The van der Waals surface area contributed by atoms with Gasteiger partial charge in [0, 0.05) is 21.9 Å². The van der Waals surface area contributed by atoms with E-state index >= 15 is 0 Å². The van der Waals surface area contributed by atoms with Crippen molar-refractivity contribution in [1.82, 2.24) is 4.98 Å². The number of aryl methyl sites for hydroxylation is 1. The minimum atomic E-state index is 0.0625. The van der Waals surface area contributed by atoms with Gasteiger partial charge in [0.15, 0.2) is 0 Å². The number of nitrogens with zero attached hydrogens (tertiary/aromatic N) is 2. The van der Waals surface area contributed by atoms with E-state index in [0.29, 0.717) is 0 Å². The van der Waals surface area contributed by atoms with Crippen molar-refractivity contribution in [3.8, 4) is 0 Å². The lowest BCUT2D eigenvalue weighted by atomic mass is 10.1. The zero-order valence-corrected chi connectivity index (χ0v) is 12.5. The predicted octanol–water partition coefficient (Wildman–Crippen LogP) is 3.28. The Morgan fingerprint density at radius 1 is 1.26 bits per heavy atom. The van der Waals surface area contributed by atoms with E-state index in [2.05, 4.69) is 27.6 Å². The van der Waals surface area contributed by atoms with Crippen molar-refractivity contribution in [2.24, 2.45) is 0 Å². The summed E-state index contributed by atoms with van der Waals surface area (Å²) in [5, 5.41) is 0. The summed E-state index contributed by atoms with van der Waals surface area (Å²) in [5.74, 6) is 0.0625. The minimum absolute atomic E-state index is 0.0625. The fourth-order valence-corrected chi connectivity index (χ4v) is 2.92. The quantitative estimate of drug-likeness (QED) is 0.728. The van der Waals surface area contributed by atoms with Crippen molar-refractivity contribution in [1.29, 1.82) is 0 Å². The van der Waals surface area contributed by atoms with Crippen LogP contribution in [0.25, 0.3) is 0 Å². The molecular weight excluding hydrogens is 351 g/mol. The van der Waals surface area contributed by atoms with Gasteiger partial charge in [0.05, 0.1) is 11.4 Å². The van der Waals surface area contributed by atoms with Crippen LogP contribution in [0.3, 0.4) is 0 Å². The van der Waals surface area contributed by atoms with Gasteiger partial charge in [0.25, 0.3) is 5.91 Å². The molecule has 0 atom stereocenters. The number of carbonyl (C=O) groups is 1. The van der Waals surface area contributed by atoms with Crippen molar-refractivity contribution in [2.75, 3.05) is 11.4 Å². The molecule has 1 aliphatic heterocycles. The lowest BCUT2D eigenvalue weighted by molar-refractivity contribution is 0.0985. The number of halogens is 1. The molecule has 0 aliphatic carbocycles. The third-order valence-corrected chi connectivity index (χ3v) is 3.94. The average molecular weight is 364 g/mol. The van der Waals surface area contributed by atoms with Crippen molar-refractivity contribution in [2.45, 2.75) is 12.8 Å². The molecule has 0 radical (unpaired) electrons. The SMILES string of the molecule is O=C(c1cccc(I)c1)N1CCCc2ncccc21. The van der Waals surface area contributed by atoms with E-state index in [4.69, 9.17) is 0 Å². The zero-order valence-electron chi connectivity index (χ0n) is 10.3. The number of benzene rings is 1. The number of anilines is 1. The molecule has 0 saturated carbocycles. The Morgan fingerprint density at radius 3 is 3.00 bits per heavy atom. The molecule has 0 fully saturated rings. The molecule has 0 N–H and O–H groups in total. The molecule has 0 unspecified atom stereocenters. The van der Waals surface area contributed by atoms with E-state index in [0.717, 1.165) is 39.9 Å². The number of hydrogen-bond acceptors (Lipinski definition) is 2. The van der Waals surface area contributed by atoms with E-state index in [9.17, 15) is 4.79 Å². The number of aromatic nitrogens is 1. The second-order valence-electron chi connectivity index (χ2n) is 4.54. The Balaban J connectivity index is 1.98. The van der Waals surface area contributed by atoms with Crippen molar-refractivity contribution < 1.29 is 4.79 Å². The maximum atomic E-state index is 12.6. The van der Waals surface area contributed by atoms with Crippen LogP contribution in [0.4, 0.5) is 5.69 Å². The minimum Gasteiger partial charge on any atom is -0.307 e. The molecule has 3 nitrogen and oxygen atoms in total. The van der Waals surface area contributed by atoms with Gasteiger partial charge in [-0.05, 0) is 65.8 Å². The van der Waals surface area contributed by atoms with Crippen molar-refractivity contribution in [3.63, 3.8) is 0 Å². The molecule has 2 aromatic rings. The molecule has 1 aliphatic rings. The first-order chi connectivity index (χ1) is 9.25. The molecular formula is C15H13IN2O. The third-order valence-electron chi connectivity index (χ3n) is 3.27. The highest BCUT2D eigenvalue weighted by molar-refractivity contribution is 14.1. The Labute approximate surface area is 125 Å². The highest BCUT2D eigenvalue weighted by atomic mass is 127. The average Bonchev–Trinajstić information content (AvgIpc) is 2.46. The fourth-order valence-electron chi connectivity index (χ4n) is 2.38. The number of amides is 1. The largest absolute Gasteiger partial charge is 0.307 e. The Hall–Kier alpha value is -1.43. The normalized spacial score (nSPS) is 14.1. The second-order valence-corrected chi connectivity index (χ2v) is 5.79. The van der Waals surface area contributed by atoms with E-state index < -0.39 is 0 Å². The highest BCUT2D eigenvalue weighted by Crippen LogP contribution is 2.26. The fraction of sp³-hybridized carbons (Fsp3) is 0.200. The Morgan fingerprint density at radius 2 is 2.16 bits per heavy atom. The zero-order chi connectivity index (χ0) is 13.2. The number of hydrogen-bond donors (Lipinski definition) is 0. The summed E-state index contributed by atoms with van der Waals surface area (Å²) in [6.07, 6.45) is 3.71. The van der Waals surface area contributed by atoms with E-state index in [-0.39, 0.29) is 5.91 Å².